The number of hydrogen-bond acceptors (Lipinski definition) is 6. The Balaban J connectivity index is 1.46. The minimum absolute atomic E-state index is 0.0420. The first-order chi connectivity index (χ1) is 15.0. The minimum atomic E-state index is -0.505. The highest BCUT2D eigenvalue weighted by Crippen LogP contribution is 2.27. The molecule has 0 unspecified atom stereocenters. The number of aromatic nitrogens is 2. The highest BCUT2D eigenvalue weighted by molar-refractivity contribution is 6.33. The van der Waals surface area contributed by atoms with E-state index < -0.39 is 10.5 Å². The number of anilines is 1. The minimum Gasteiger partial charge on any atom is -0.365 e. The molecule has 0 bridgehead atoms. The van der Waals surface area contributed by atoms with Crippen molar-refractivity contribution in [1.29, 1.82) is 0 Å². The van der Waals surface area contributed by atoms with Gasteiger partial charge in [0, 0.05) is 44.2 Å². The van der Waals surface area contributed by atoms with Crippen molar-refractivity contribution in [3.05, 3.63) is 56.0 Å². The number of hydrogen-bond donors (Lipinski definition) is 0. The molecule has 1 saturated carbocycles. The number of carbonyl (C=O) groups excluding carboxylic acids is 1. The van der Waals surface area contributed by atoms with E-state index in [0.717, 1.165) is 30.4 Å². The van der Waals surface area contributed by atoms with Crippen LogP contribution in [0, 0.1) is 16.0 Å². The Morgan fingerprint density at radius 2 is 1.71 bits per heavy atom. The van der Waals surface area contributed by atoms with Gasteiger partial charge in [-0.2, -0.15) is 9.78 Å². The fourth-order valence-corrected chi connectivity index (χ4v) is 4.57. The predicted molar refractivity (Wildman–Crippen MR) is 117 cm³/mol. The number of non-ortho nitro benzene ring substituents is 1. The monoisotopic (exact) mass is 445 g/mol. The molecule has 2 aromatic rings. The summed E-state index contributed by atoms with van der Waals surface area (Å²) in [5.41, 5.74) is 0.371. The van der Waals surface area contributed by atoms with Gasteiger partial charge in [0.15, 0.2) is 0 Å². The standard InChI is InChI=1S/C21H24ClN5O4/c22-19-18(14-23-26(21(19)29)16-6-8-17(9-7-16)27(30)31)24-10-12-25(13-11-24)20(28)15-4-2-1-3-5-15/h6-9,14-15H,1-5,10-13H2. The highest BCUT2D eigenvalue weighted by Gasteiger charge is 2.29. The molecule has 0 atom stereocenters. The molecule has 31 heavy (non-hydrogen) atoms. The summed E-state index contributed by atoms with van der Waals surface area (Å²) in [7, 11) is 0. The van der Waals surface area contributed by atoms with Crippen LogP contribution < -0.4 is 10.5 Å². The Labute approximate surface area is 184 Å². The zero-order valence-corrected chi connectivity index (χ0v) is 17.8. The Morgan fingerprint density at radius 3 is 2.32 bits per heavy atom. The van der Waals surface area contributed by atoms with Gasteiger partial charge in [-0.15, -0.1) is 0 Å². The molecule has 0 N–H and O–H groups in total. The van der Waals surface area contributed by atoms with Crippen molar-refractivity contribution >= 4 is 28.9 Å². The number of nitrogens with zero attached hydrogens (tertiary/aromatic N) is 5. The van der Waals surface area contributed by atoms with Crippen molar-refractivity contribution in [2.24, 2.45) is 5.92 Å². The van der Waals surface area contributed by atoms with Gasteiger partial charge in [0.1, 0.15) is 5.02 Å². The van der Waals surface area contributed by atoms with Gasteiger partial charge in [-0.05, 0) is 25.0 Å². The van der Waals surface area contributed by atoms with Gasteiger partial charge in [0.05, 0.1) is 22.5 Å². The van der Waals surface area contributed by atoms with E-state index >= 15 is 0 Å². The topological polar surface area (TPSA) is 102 Å². The van der Waals surface area contributed by atoms with E-state index in [1.54, 1.807) is 0 Å². The van der Waals surface area contributed by atoms with E-state index in [1.165, 1.54) is 36.9 Å². The SMILES string of the molecule is O=C(C1CCCCC1)N1CCN(c2cnn(-c3ccc([N+](=O)[O-])cc3)c(=O)c2Cl)CC1. The van der Waals surface area contributed by atoms with Crippen LogP contribution in [0.1, 0.15) is 32.1 Å². The lowest BCUT2D eigenvalue weighted by Gasteiger charge is -2.38. The molecule has 1 aromatic carbocycles. The van der Waals surface area contributed by atoms with Crippen molar-refractivity contribution in [3.8, 4) is 5.69 Å². The van der Waals surface area contributed by atoms with Gasteiger partial charge in [0.25, 0.3) is 11.2 Å². The van der Waals surface area contributed by atoms with Crippen LogP contribution in [0.2, 0.25) is 5.02 Å². The number of carbonyl (C=O) groups is 1. The van der Waals surface area contributed by atoms with Gasteiger partial charge in [0.2, 0.25) is 5.91 Å². The van der Waals surface area contributed by atoms with Crippen molar-refractivity contribution in [3.63, 3.8) is 0 Å². The summed E-state index contributed by atoms with van der Waals surface area (Å²) < 4.78 is 1.12. The molecule has 1 aromatic heterocycles. The predicted octanol–water partition coefficient (Wildman–Crippen LogP) is 3.02. The Morgan fingerprint density at radius 1 is 1.06 bits per heavy atom. The quantitative estimate of drug-likeness (QED) is 0.529. The third-order valence-corrected chi connectivity index (χ3v) is 6.45. The normalized spacial score (nSPS) is 17.6. The maximum atomic E-state index is 12.8. The van der Waals surface area contributed by atoms with Crippen LogP contribution in [-0.4, -0.2) is 51.7 Å². The first kappa shape index (κ1) is 21.3. The average molecular weight is 446 g/mol. The lowest BCUT2D eigenvalue weighted by molar-refractivity contribution is -0.384. The number of nitro benzene ring substituents is 1. The first-order valence-electron chi connectivity index (χ1n) is 10.5. The van der Waals surface area contributed by atoms with Crippen molar-refractivity contribution in [2.75, 3.05) is 31.1 Å². The zero-order valence-electron chi connectivity index (χ0n) is 17.1. The fraction of sp³-hybridized carbons (Fsp3) is 0.476. The van der Waals surface area contributed by atoms with Crippen LogP contribution in [0.3, 0.4) is 0 Å². The van der Waals surface area contributed by atoms with Crippen LogP contribution >= 0.6 is 11.6 Å². The molecule has 10 heteroatoms. The molecule has 1 aliphatic heterocycles. The summed E-state index contributed by atoms with van der Waals surface area (Å²) in [6.45, 7) is 2.36. The van der Waals surface area contributed by atoms with E-state index in [1.807, 2.05) is 9.80 Å². The summed E-state index contributed by atoms with van der Waals surface area (Å²) in [6.07, 6.45) is 6.97. The van der Waals surface area contributed by atoms with E-state index in [9.17, 15) is 19.7 Å². The van der Waals surface area contributed by atoms with E-state index in [-0.39, 0.29) is 22.5 Å². The van der Waals surface area contributed by atoms with Crippen LogP contribution in [0.4, 0.5) is 11.4 Å². The van der Waals surface area contributed by atoms with Crippen LogP contribution in [0.5, 0.6) is 0 Å². The molecule has 1 aliphatic carbocycles. The lowest BCUT2D eigenvalue weighted by atomic mass is 9.88. The van der Waals surface area contributed by atoms with Crippen LogP contribution in [-0.2, 0) is 4.79 Å². The number of amides is 1. The second-order valence-electron chi connectivity index (χ2n) is 7.98. The fourth-order valence-electron chi connectivity index (χ4n) is 4.32. The highest BCUT2D eigenvalue weighted by atomic mass is 35.5. The van der Waals surface area contributed by atoms with Crippen LogP contribution in [0.15, 0.2) is 35.3 Å². The number of nitro groups is 1. The second-order valence-corrected chi connectivity index (χ2v) is 8.36. The summed E-state index contributed by atoms with van der Waals surface area (Å²) in [5.74, 6) is 0.397. The summed E-state index contributed by atoms with van der Waals surface area (Å²) in [5, 5.41) is 15.1. The van der Waals surface area contributed by atoms with E-state index in [4.69, 9.17) is 11.6 Å². The third-order valence-electron chi connectivity index (χ3n) is 6.09. The number of halogens is 1. The molecule has 4 rings (SSSR count). The first-order valence-corrected chi connectivity index (χ1v) is 10.9. The van der Waals surface area contributed by atoms with Gasteiger partial charge in [-0.3, -0.25) is 19.7 Å². The Kier molecular flexibility index (Phi) is 6.22. The van der Waals surface area contributed by atoms with E-state index in [0.29, 0.717) is 37.6 Å². The molecule has 1 amide bonds. The number of benzene rings is 1. The van der Waals surface area contributed by atoms with E-state index in [2.05, 4.69) is 5.10 Å². The molecular weight excluding hydrogens is 422 g/mol. The molecule has 0 spiro atoms. The van der Waals surface area contributed by atoms with Crippen molar-refractivity contribution < 1.29 is 9.72 Å². The van der Waals surface area contributed by atoms with Crippen molar-refractivity contribution in [1.82, 2.24) is 14.7 Å². The van der Waals surface area contributed by atoms with Gasteiger partial charge >= 0.3 is 0 Å². The molecule has 164 valence electrons. The van der Waals surface area contributed by atoms with Crippen molar-refractivity contribution in [2.45, 2.75) is 32.1 Å². The largest absolute Gasteiger partial charge is 0.365 e. The molecular formula is C21H24ClN5O4. The van der Waals surface area contributed by atoms with Gasteiger partial charge in [-0.25, -0.2) is 0 Å². The average Bonchev–Trinajstić information content (AvgIpc) is 2.81. The molecule has 2 aliphatic rings. The summed E-state index contributed by atoms with van der Waals surface area (Å²) in [6, 6.07) is 5.54. The van der Waals surface area contributed by atoms with Gasteiger partial charge in [-0.1, -0.05) is 30.9 Å². The molecule has 1 saturated heterocycles. The zero-order chi connectivity index (χ0) is 22.0. The maximum Gasteiger partial charge on any atom is 0.292 e. The summed E-state index contributed by atoms with van der Waals surface area (Å²) >= 11 is 6.38. The molecule has 9 nitrogen and oxygen atoms in total. The molecule has 2 fully saturated rings. The maximum absolute atomic E-state index is 12.8. The smallest absolute Gasteiger partial charge is 0.292 e. The third kappa shape index (κ3) is 4.41. The second kappa shape index (κ2) is 9.05. The molecule has 2 heterocycles. The lowest BCUT2D eigenvalue weighted by Crippen LogP contribution is -2.51. The van der Waals surface area contributed by atoms with Gasteiger partial charge < -0.3 is 9.80 Å². The van der Waals surface area contributed by atoms with Crippen LogP contribution in [0.25, 0.3) is 5.69 Å². The molecule has 0 radical (unpaired) electrons. The Bertz CT molecular complexity index is 1030. The summed E-state index contributed by atoms with van der Waals surface area (Å²) in [4.78, 5) is 39.7. The Hall–Kier alpha value is -2.94. The number of rotatable bonds is 4. The number of piperazine rings is 1.